The van der Waals surface area contributed by atoms with Crippen LogP contribution >= 0.6 is 0 Å². The molecule has 1 atom stereocenters. The summed E-state index contributed by atoms with van der Waals surface area (Å²) in [5, 5.41) is 16.5. The van der Waals surface area contributed by atoms with E-state index in [-0.39, 0.29) is 23.9 Å². The summed E-state index contributed by atoms with van der Waals surface area (Å²) in [4.78, 5) is 39.1. The molecule has 180 valence electrons. The van der Waals surface area contributed by atoms with Gasteiger partial charge in [-0.2, -0.15) is 5.10 Å². The number of aliphatic carboxylic acids is 1. The zero-order valence-corrected chi connectivity index (χ0v) is 19.5. The van der Waals surface area contributed by atoms with E-state index in [0.717, 1.165) is 22.3 Å². The van der Waals surface area contributed by atoms with Crippen LogP contribution in [-0.2, 0) is 16.6 Å². The molecule has 2 N–H and O–H groups in total. The fraction of sp³-hybridized carbons (Fsp3) is 0.308. The predicted molar refractivity (Wildman–Crippen MR) is 128 cm³/mol. The number of aromatic nitrogens is 2. The van der Waals surface area contributed by atoms with Crippen molar-refractivity contribution in [2.45, 2.75) is 31.2 Å². The van der Waals surface area contributed by atoms with Crippen LogP contribution in [0.4, 0.5) is 10.5 Å². The molecular formula is C26H26N4O5. The molecule has 1 fully saturated rings. The van der Waals surface area contributed by atoms with Crippen molar-refractivity contribution in [3.05, 3.63) is 71.5 Å². The molecule has 0 spiro atoms. The highest BCUT2D eigenvalue weighted by Gasteiger charge is 2.47. The Morgan fingerprint density at radius 2 is 1.74 bits per heavy atom. The lowest BCUT2D eigenvalue weighted by Crippen LogP contribution is -2.51. The smallest absolute Gasteiger partial charge is 0.411 e. The Morgan fingerprint density at radius 3 is 2.37 bits per heavy atom. The van der Waals surface area contributed by atoms with Gasteiger partial charge in [0.15, 0.2) is 5.69 Å². The molecule has 1 aliphatic carbocycles. The molecule has 2 aliphatic rings. The van der Waals surface area contributed by atoms with Gasteiger partial charge in [-0.1, -0.05) is 48.5 Å². The van der Waals surface area contributed by atoms with Gasteiger partial charge in [-0.3, -0.25) is 14.8 Å². The monoisotopic (exact) mass is 474 g/mol. The number of benzene rings is 2. The summed E-state index contributed by atoms with van der Waals surface area (Å²) in [6, 6.07) is 16.1. The Hall–Kier alpha value is -4.14. The molecule has 1 aromatic heterocycles. The zero-order valence-electron chi connectivity index (χ0n) is 19.5. The lowest BCUT2D eigenvalue weighted by atomic mass is 9.98. The Balaban J connectivity index is 1.32. The van der Waals surface area contributed by atoms with Crippen LogP contribution in [0.1, 0.15) is 47.3 Å². The van der Waals surface area contributed by atoms with E-state index < -0.39 is 23.5 Å². The van der Waals surface area contributed by atoms with E-state index in [4.69, 9.17) is 4.74 Å². The van der Waals surface area contributed by atoms with E-state index >= 15 is 0 Å². The summed E-state index contributed by atoms with van der Waals surface area (Å²) >= 11 is 0. The minimum Gasteiger partial charge on any atom is -0.480 e. The van der Waals surface area contributed by atoms with E-state index in [0.29, 0.717) is 19.4 Å². The van der Waals surface area contributed by atoms with Gasteiger partial charge in [-0.25, -0.2) is 9.59 Å². The number of carboxylic acids is 1. The SMILES string of the molecule is Cn1cc(NC(=O)OCC2c3ccccc3-c3ccccc32)c(C(=O)N2CCC[C@@]2(C)C(=O)O)n1. The van der Waals surface area contributed by atoms with E-state index in [2.05, 4.69) is 22.5 Å². The molecule has 2 aromatic carbocycles. The number of carboxylic acid groups (broad SMARTS) is 1. The normalized spacial score (nSPS) is 18.7. The molecule has 0 bridgehead atoms. The Kier molecular flexibility index (Phi) is 5.55. The lowest BCUT2D eigenvalue weighted by molar-refractivity contribution is -0.147. The van der Waals surface area contributed by atoms with Crippen LogP contribution in [0.25, 0.3) is 11.1 Å². The largest absolute Gasteiger partial charge is 0.480 e. The Bertz CT molecular complexity index is 1290. The van der Waals surface area contributed by atoms with Gasteiger partial charge in [-0.15, -0.1) is 0 Å². The first kappa shape index (κ1) is 22.6. The van der Waals surface area contributed by atoms with E-state index in [9.17, 15) is 19.5 Å². The second kappa shape index (κ2) is 8.57. The third-order valence-electron chi connectivity index (χ3n) is 6.96. The molecule has 0 saturated carbocycles. The van der Waals surface area contributed by atoms with Gasteiger partial charge in [0.25, 0.3) is 5.91 Å². The van der Waals surface area contributed by atoms with Crippen LogP contribution in [0, 0.1) is 0 Å². The number of carbonyl (C=O) groups is 3. The quantitative estimate of drug-likeness (QED) is 0.581. The zero-order chi connectivity index (χ0) is 24.7. The van der Waals surface area contributed by atoms with Crippen LogP contribution in [0.15, 0.2) is 54.7 Å². The van der Waals surface area contributed by atoms with Crippen LogP contribution in [-0.4, -0.2) is 56.4 Å². The first-order valence-corrected chi connectivity index (χ1v) is 11.5. The minimum absolute atomic E-state index is 0.0182. The summed E-state index contributed by atoms with van der Waals surface area (Å²) < 4.78 is 6.99. The molecular weight excluding hydrogens is 448 g/mol. The van der Waals surface area contributed by atoms with Gasteiger partial charge in [0.05, 0.1) is 5.69 Å². The maximum Gasteiger partial charge on any atom is 0.411 e. The lowest BCUT2D eigenvalue weighted by Gasteiger charge is -2.30. The molecule has 0 unspecified atom stereocenters. The number of carbonyl (C=O) groups excluding carboxylic acids is 2. The van der Waals surface area contributed by atoms with Crippen molar-refractivity contribution in [3.63, 3.8) is 0 Å². The van der Waals surface area contributed by atoms with Gasteiger partial charge >= 0.3 is 12.1 Å². The van der Waals surface area contributed by atoms with Gasteiger partial charge in [-0.05, 0) is 42.0 Å². The summed E-state index contributed by atoms with van der Waals surface area (Å²) in [6.45, 7) is 1.97. The van der Waals surface area contributed by atoms with E-state index in [1.54, 1.807) is 7.05 Å². The maximum atomic E-state index is 13.2. The van der Waals surface area contributed by atoms with Crippen LogP contribution in [0.2, 0.25) is 0 Å². The number of nitrogens with zero attached hydrogens (tertiary/aromatic N) is 3. The number of aryl methyl sites for hydroxylation is 1. The number of rotatable bonds is 5. The fourth-order valence-corrected chi connectivity index (χ4v) is 5.12. The highest BCUT2D eigenvalue weighted by Crippen LogP contribution is 2.44. The number of hydrogen-bond donors (Lipinski definition) is 2. The van der Waals surface area contributed by atoms with Crippen molar-refractivity contribution in [2.75, 3.05) is 18.5 Å². The molecule has 5 rings (SSSR count). The van der Waals surface area contributed by atoms with Crippen molar-refractivity contribution in [3.8, 4) is 11.1 Å². The van der Waals surface area contributed by atoms with E-state index in [1.165, 1.54) is 22.7 Å². The third kappa shape index (κ3) is 3.82. The van der Waals surface area contributed by atoms with Crippen molar-refractivity contribution in [2.24, 2.45) is 7.05 Å². The highest BCUT2D eigenvalue weighted by molar-refractivity contribution is 6.03. The standard InChI is InChI=1S/C26H26N4O5/c1-26(24(32)33)12-7-13-30(26)23(31)22-21(14-29(2)28-22)27-25(34)35-15-20-18-10-5-3-8-16(18)17-9-4-6-11-19(17)20/h3-6,8-11,14,20H,7,12-13,15H2,1-2H3,(H,27,34)(H,32,33)/t26-/m0/s1. The second-order valence-electron chi connectivity index (χ2n) is 9.15. The molecule has 0 radical (unpaired) electrons. The molecule has 1 saturated heterocycles. The summed E-state index contributed by atoms with van der Waals surface area (Å²) in [6.07, 6.45) is 1.73. The number of nitrogens with one attached hydrogen (secondary N) is 1. The Labute approximate surface area is 202 Å². The van der Waals surface area contributed by atoms with Crippen molar-refractivity contribution < 1.29 is 24.2 Å². The van der Waals surface area contributed by atoms with E-state index in [1.807, 2.05) is 36.4 Å². The molecule has 9 heteroatoms. The van der Waals surface area contributed by atoms with Gasteiger partial charge in [0.2, 0.25) is 0 Å². The van der Waals surface area contributed by atoms with Gasteiger partial charge in [0, 0.05) is 25.7 Å². The number of hydrogen-bond acceptors (Lipinski definition) is 5. The average molecular weight is 475 g/mol. The van der Waals surface area contributed by atoms with Gasteiger partial charge in [0.1, 0.15) is 12.1 Å². The maximum absolute atomic E-state index is 13.2. The van der Waals surface area contributed by atoms with Gasteiger partial charge < -0.3 is 14.7 Å². The summed E-state index contributed by atoms with van der Waals surface area (Å²) in [5.41, 5.74) is 3.30. The van der Waals surface area contributed by atoms with Crippen molar-refractivity contribution in [1.82, 2.24) is 14.7 Å². The van der Waals surface area contributed by atoms with Crippen LogP contribution in [0.5, 0.6) is 0 Å². The minimum atomic E-state index is -1.31. The van der Waals surface area contributed by atoms with Crippen molar-refractivity contribution >= 4 is 23.7 Å². The first-order chi connectivity index (χ1) is 16.8. The molecule has 2 heterocycles. The number of likely N-dealkylation sites (tertiary alicyclic amines) is 1. The van der Waals surface area contributed by atoms with Crippen LogP contribution < -0.4 is 5.32 Å². The summed E-state index contributed by atoms with van der Waals surface area (Å²) in [7, 11) is 1.63. The third-order valence-corrected chi connectivity index (χ3v) is 6.96. The summed E-state index contributed by atoms with van der Waals surface area (Å²) in [5.74, 6) is -1.70. The second-order valence-corrected chi connectivity index (χ2v) is 9.15. The topological polar surface area (TPSA) is 114 Å². The molecule has 2 amide bonds. The highest BCUT2D eigenvalue weighted by atomic mass is 16.5. The van der Waals surface area contributed by atoms with Crippen molar-refractivity contribution in [1.29, 1.82) is 0 Å². The number of fused-ring (bicyclic) bond motifs is 3. The molecule has 1 aliphatic heterocycles. The number of ether oxygens (including phenoxy) is 1. The predicted octanol–water partition coefficient (Wildman–Crippen LogP) is 3.86. The molecule has 3 aromatic rings. The van der Waals surface area contributed by atoms with Crippen LogP contribution in [0.3, 0.4) is 0 Å². The first-order valence-electron chi connectivity index (χ1n) is 11.5. The fourth-order valence-electron chi connectivity index (χ4n) is 5.12. The Morgan fingerprint density at radius 1 is 1.11 bits per heavy atom. The number of anilines is 1. The number of amides is 2. The molecule has 35 heavy (non-hydrogen) atoms. The molecule has 9 nitrogen and oxygen atoms in total. The average Bonchev–Trinajstić information content (AvgIpc) is 3.51.